The fraction of sp³-hybridized carbons (Fsp3) is 0.250. The van der Waals surface area contributed by atoms with Crippen LogP contribution in [0.2, 0.25) is 0 Å². The molecule has 0 radical (unpaired) electrons. The highest BCUT2D eigenvalue weighted by atomic mass is 19.3. The van der Waals surface area contributed by atoms with Gasteiger partial charge in [-0.15, -0.1) is 0 Å². The number of nitrogens with one attached hydrogen (secondary N) is 1. The largest absolute Gasteiger partial charge is 0.392 e. The normalized spacial score (nSPS) is 12.7. The molecule has 0 aliphatic rings. The summed E-state index contributed by atoms with van der Waals surface area (Å²) in [6, 6.07) is 4.82. The third-order valence-corrected chi connectivity index (χ3v) is 3.27. The van der Waals surface area contributed by atoms with Gasteiger partial charge in [-0.05, 0) is 23.8 Å². The summed E-state index contributed by atoms with van der Waals surface area (Å²) in [5.74, 6) is -4.77. The lowest BCUT2D eigenvalue weighted by molar-refractivity contribution is -0.124. The second-order valence-electron chi connectivity index (χ2n) is 5.01. The quantitative estimate of drug-likeness (QED) is 0.889. The molecular formula is C16H15F3N2O2. The Morgan fingerprint density at radius 1 is 1.26 bits per heavy atom. The van der Waals surface area contributed by atoms with Gasteiger partial charge in [-0.1, -0.05) is 18.2 Å². The zero-order valence-corrected chi connectivity index (χ0v) is 12.3. The second-order valence-corrected chi connectivity index (χ2v) is 5.01. The molecule has 0 fully saturated rings. The number of carbonyl (C=O) groups is 1. The summed E-state index contributed by atoms with van der Waals surface area (Å²) in [5, 5.41) is 11.2. The van der Waals surface area contributed by atoms with Crippen molar-refractivity contribution >= 4 is 5.91 Å². The maximum absolute atomic E-state index is 14.8. The van der Waals surface area contributed by atoms with E-state index in [0.29, 0.717) is 5.56 Å². The van der Waals surface area contributed by atoms with Gasteiger partial charge in [0.15, 0.2) is 0 Å². The highest BCUT2D eigenvalue weighted by molar-refractivity contribution is 5.73. The molecule has 2 aromatic rings. The second kappa shape index (κ2) is 6.78. The van der Waals surface area contributed by atoms with Crippen LogP contribution >= 0.6 is 0 Å². The van der Waals surface area contributed by atoms with Gasteiger partial charge < -0.3 is 10.4 Å². The molecule has 0 saturated carbocycles. The van der Waals surface area contributed by atoms with Gasteiger partial charge in [-0.25, -0.2) is 4.39 Å². The summed E-state index contributed by atoms with van der Waals surface area (Å²) in [7, 11) is 0. The lowest BCUT2D eigenvalue weighted by Gasteiger charge is -2.27. The number of aliphatic hydroxyl groups excluding tert-OH is 1. The molecular weight excluding hydrogens is 309 g/mol. The molecule has 1 unspecified atom stereocenters. The minimum absolute atomic E-state index is 0.0632. The maximum atomic E-state index is 14.8. The number of rotatable bonds is 5. The molecule has 7 heteroatoms. The fourth-order valence-electron chi connectivity index (χ4n) is 2.09. The van der Waals surface area contributed by atoms with Gasteiger partial charge in [-0.2, -0.15) is 8.78 Å². The van der Waals surface area contributed by atoms with Crippen LogP contribution in [0, 0.1) is 5.82 Å². The van der Waals surface area contributed by atoms with Crippen LogP contribution in [0.4, 0.5) is 13.2 Å². The predicted octanol–water partition coefficient (Wildman–Crippen LogP) is 2.68. The summed E-state index contributed by atoms with van der Waals surface area (Å²) in [4.78, 5) is 15.2. The van der Waals surface area contributed by atoms with Gasteiger partial charge in [0.05, 0.1) is 12.3 Å². The molecule has 0 bridgehead atoms. The first kappa shape index (κ1) is 17.0. The molecule has 0 spiro atoms. The molecule has 1 aromatic carbocycles. The molecule has 4 nitrogen and oxygen atoms in total. The van der Waals surface area contributed by atoms with Gasteiger partial charge in [0.25, 0.3) is 5.92 Å². The highest BCUT2D eigenvalue weighted by Gasteiger charge is 2.43. The Bertz CT molecular complexity index is 673. The SMILES string of the molecule is CC(=O)NC(c1ccc(CO)cn1)C(F)(F)c1ccc(F)cc1. The van der Waals surface area contributed by atoms with Crippen LogP contribution in [0.25, 0.3) is 0 Å². The third-order valence-electron chi connectivity index (χ3n) is 3.27. The summed E-state index contributed by atoms with van der Waals surface area (Å²) in [6.45, 7) is 0.849. The van der Waals surface area contributed by atoms with Crippen molar-refractivity contribution in [2.45, 2.75) is 25.5 Å². The van der Waals surface area contributed by atoms with Crippen molar-refractivity contribution < 1.29 is 23.1 Å². The predicted molar refractivity (Wildman–Crippen MR) is 77.0 cm³/mol. The molecule has 1 aromatic heterocycles. The van der Waals surface area contributed by atoms with Crippen LogP contribution < -0.4 is 5.32 Å². The molecule has 0 aliphatic carbocycles. The van der Waals surface area contributed by atoms with Crippen molar-refractivity contribution in [1.82, 2.24) is 10.3 Å². The van der Waals surface area contributed by atoms with E-state index in [1.165, 1.54) is 18.3 Å². The fourth-order valence-corrected chi connectivity index (χ4v) is 2.09. The number of pyridine rings is 1. The van der Waals surface area contributed by atoms with Crippen LogP contribution in [0.3, 0.4) is 0 Å². The summed E-state index contributed by atoms with van der Waals surface area (Å²) < 4.78 is 42.4. The number of aliphatic hydroxyl groups is 1. The third kappa shape index (κ3) is 3.87. The molecule has 0 aliphatic heterocycles. The Balaban J connectivity index is 2.43. The van der Waals surface area contributed by atoms with Crippen LogP contribution in [0.15, 0.2) is 42.6 Å². The first-order chi connectivity index (χ1) is 10.8. The van der Waals surface area contributed by atoms with E-state index in [4.69, 9.17) is 5.11 Å². The minimum Gasteiger partial charge on any atom is -0.392 e. The topological polar surface area (TPSA) is 62.2 Å². The average Bonchev–Trinajstić information content (AvgIpc) is 2.53. The zero-order chi connectivity index (χ0) is 17.0. The molecule has 1 heterocycles. The van der Waals surface area contributed by atoms with Gasteiger partial charge in [-0.3, -0.25) is 9.78 Å². The number of nitrogens with zero attached hydrogens (tertiary/aromatic N) is 1. The number of carbonyl (C=O) groups excluding carboxylic acids is 1. The van der Waals surface area contributed by atoms with E-state index >= 15 is 0 Å². The Hall–Kier alpha value is -2.41. The van der Waals surface area contributed by atoms with Crippen LogP contribution in [0.5, 0.6) is 0 Å². The van der Waals surface area contributed by atoms with Crippen molar-refractivity contribution in [3.05, 3.63) is 65.2 Å². The van der Waals surface area contributed by atoms with Crippen molar-refractivity contribution in [3.8, 4) is 0 Å². The number of hydrogen-bond acceptors (Lipinski definition) is 3. The van der Waals surface area contributed by atoms with Gasteiger partial charge >= 0.3 is 0 Å². The molecule has 1 atom stereocenters. The summed E-state index contributed by atoms with van der Waals surface area (Å²) in [6.07, 6.45) is 1.25. The first-order valence-electron chi connectivity index (χ1n) is 6.81. The van der Waals surface area contributed by atoms with Crippen molar-refractivity contribution in [2.24, 2.45) is 0 Å². The number of benzene rings is 1. The van der Waals surface area contributed by atoms with Crippen LogP contribution in [-0.2, 0) is 17.3 Å². The highest BCUT2D eigenvalue weighted by Crippen LogP contribution is 2.40. The van der Waals surface area contributed by atoms with Crippen LogP contribution in [-0.4, -0.2) is 16.0 Å². The molecule has 1 amide bonds. The van der Waals surface area contributed by atoms with Gasteiger partial charge in [0.2, 0.25) is 5.91 Å². The smallest absolute Gasteiger partial charge is 0.298 e. The van der Waals surface area contributed by atoms with E-state index in [9.17, 15) is 18.0 Å². The van der Waals surface area contributed by atoms with E-state index in [1.54, 1.807) is 0 Å². The van der Waals surface area contributed by atoms with E-state index in [1.807, 2.05) is 0 Å². The van der Waals surface area contributed by atoms with Crippen LogP contribution in [0.1, 0.15) is 29.8 Å². The van der Waals surface area contributed by atoms with Crippen molar-refractivity contribution in [1.29, 1.82) is 0 Å². The maximum Gasteiger partial charge on any atom is 0.298 e. The molecule has 0 saturated heterocycles. The van der Waals surface area contributed by atoms with Crippen molar-refractivity contribution in [2.75, 3.05) is 0 Å². The lowest BCUT2D eigenvalue weighted by atomic mass is 9.97. The molecule has 122 valence electrons. The molecule has 2 N–H and O–H groups in total. The summed E-state index contributed by atoms with van der Waals surface area (Å²) >= 11 is 0. The number of amides is 1. The monoisotopic (exact) mass is 324 g/mol. The van der Waals surface area contributed by atoms with E-state index in [-0.39, 0.29) is 12.3 Å². The number of halogens is 3. The Kier molecular flexibility index (Phi) is 5.00. The van der Waals surface area contributed by atoms with Gasteiger partial charge in [0.1, 0.15) is 11.9 Å². The zero-order valence-electron chi connectivity index (χ0n) is 12.3. The van der Waals surface area contributed by atoms with E-state index in [0.717, 1.165) is 31.2 Å². The molecule has 2 rings (SSSR count). The molecule has 23 heavy (non-hydrogen) atoms. The van der Waals surface area contributed by atoms with E-state index < -0.39 is 29.3 Å². The first-order valence-corrected chi connectivity index (χ1v) is 6.81. The lowest BCUT2D eigenvalue weighted by Crippen LogP contribution is -2.38. The Morgan fingerprint density at radius 3 is 2.39 bits per heavy atom. The van der Waals surface area contributed by atoms with Crippen molar-refractivity contribution in [3.63, 3.8) is 0 Å². The Labute approximate surface area is 131 Å². The number of aromatic nitrogens is 1. The average molecular weight is 324 g/mol. The van der Waals surface area contributed by atoms with Gasteiger partial charge in [0, 0.05) is 18.7 Å². The summed E-state index contributed by atoms with van der Waals surface area (Å²) in [5.41, 5.74) is -0.0437. The minimum atomic E-state index is -3.49. The Morgan fingerprint density at radius 2 is 1.91 bits per heavy atom. The number of hydrogen-bond donors (Lipinski definition) is 2. The standard InChI is InChI=1S/C16H15F3N2O2/c1-10(23)21-15(14-7-2-11(9-22)8-20-14)16(18,19)12-3-5-13(17)6-4-12/h2-8,15,22H,9H2,1H3,(H,21,23). The number of alkyl halides is 2. The van der Waals surface area contributed by atoms with E-state index in [2.05, 4.69) is 10.3 Å².